The third-order valence-electron chi connectivity index (χ3n) is 0.289. The third-order valence-corrected chi connectivity index (χ3v) is 0.289. The Balaban J connectivity index is -0.0000000171. The van der Waals surface area contributed by atoms with Crippen molar-refractivity contribution in [3.63, 3.8) is 0 Å². The first-order chi connectivity index (χ1) is 3.65. The van der Waals surface area contributed by atoms with Crippen LogP contribution in [0.4, 0.5) is 4.79 Å². The molecule has 0 fully saturated rings. The predicted molar refractivity (Wildman–Crippen MR) is 39.1 cm³/mol. The molecule has 0 aromatic carbocycles. The third kappa shape index (κ3) is 202. The molecule has 0 aliphatic heterocycles. The molecule has 4 heteroatoms. The van der Waals surface area contributed by atoms with Crippen LogP contribution in [-0.2, 0) is 0 Å². The van der Waals surface area contributed by atoms with Gasteiger partial charge in [0.05, 0.1) is 0 Å². The second-order valence-corrected chi connectivity index (χ2v) is 0.979. The Morgan fingerprint density at radius 3 is 1.89 bits per heavy atom. The second kappa shape index (κ2) is 15.7. The zero-order valence-electron chi connectivity index (χ0n) is 7.50. The number of rotatable bonds is 1. The van der Waals surface area contributed by atoms with E-state index in [1.165, 1.54) is 0 Å². The minimum absolute atomic E-state index is 0. The van der Waals surface area contributed by atoms with Crippen molar-refractivity contribution in [2.75, 3.05) is 0 Å². The van der Waals surface area contributed by atoms with Crippen molar-refractivity contribution in [3.05, 3.63) is 12.7 Å². The van der Waals surface area contributed by atoms with Crippen LogP contribution in [0.2, 0.25) is 0 Å². The average Bonchev–Trinajstić information content (AvgIpc) is 1.65. The Morgan fingerprint density at radius 1 is 1.78 bits per heavy atom. The maximum atomic E-state index is 8.56. The molecule has 3 nitrogen and oxygen atoms in total. The van der Waals surface area contributed by atoms with Gasteiger partial charge < -0.3 is 13.1 Å². The van der Waals surface area contributed by atoms with Gasteiger partial charge in [-0.2, -0.15) is 0 Å². The van der Waals surface area contributed by atoms with E-state index in [1.807, 2.05) is 6.08 Å². The molecule has 2 N–H and O–H groups in total. The molecule has 0 aromatic heterocycles. The summed E-state index contributed by atoms with van der Waals surface area (Å²) in [6.45, 7) is 5.54. The van der Waals surface area contributed by atoms with Gasteiger partial charge in [-0.3, -0.25) is 0 Å². The fourth-order valence-electron chi connectivity index (χ4n) is 0. The molecular formula is C5H12CaO3. The number of carbonyl (C=O) groups is 1. The Bertz CT molecular complexity index is 76.1. The summed E-state index contributed by atoms with van der Waals surface area (Å²) in [6, 6.07) is 0. The van der Waals surface area contributed by atoms with E-state index < -0.39 is 6.16 Å². The van der Waals surface area contributed by atoms with Crippen LogP contribution in [0, 0.1) is 0 Å². The topological polar surface area (TPSA) is 57.5 Å². The standard InChI is InChI=1S/C4H8.CH2O3.Ca.2H/c1-3-4-2;2-1(3)4;;;/h3H,1,4H2,2H3;(H2,2,3,4);;;/q;;+2;2*-1. The summed E-state index contributed by atoms with van der Waals surface area (Å²) in [7, 11) is 0. The summed E-state index contributed by atoms with van der Waals surface area (Å²) < 4.78 is 0. The Hall–Kier alpha value is 0.270. The van der Waals surface area contributed by atoms with E-state index in [1.54, 1.807) is 0 Å². The fourth-order valence-corrected chi connectivity index (χ4v) is 0. The van der Waals surface area contributed by atoms with Gasteiger partial charge in [-0.25, -0.2) is 4.79 Å². The monoisotopic (exact) mass is 160 g/mol. The Labute approximate surface area is 87.4 Å². The molecule has 0 aromatic rings. The zero-order valence-corrected chi connectivity index (χ0v) is 7.71. The normalized spacial score (nSPS) is 5.44. The summed E-state index contributed by atoms with van der Waals surface area (Å²) in [5, 5.41) is 13.9. The molecule has 0 rings (SSSR count). The van der Waals surface area contributed by atoms with Crippen molar-refractivity contribution in [1.29, 1.82) is 0 Å². The van der Waals surface area contributed by atoms with Crippen molar-refractivity contribution in [2.45, 2.75) is 13.3 Å². The van der Waals surface area contributed by atoms with E-state index in [9.17, 15) is 0 Å². The summed E-state index contributed by atoms with van der Waals surface area (Å²) >= 11 is 0. The van der Waals surface area contributed by atoms with Gasteiger partial charge in [0.25, 0.3) is 0 Å². The SMILES string of the molecule is C=CCC.O=C(O)O.[Ca+2].[H-].[H-]. The number of hydrogen-bond acceptors (Lipinski definition) is 1. The molecule has 0 unspecified atom stereocenters. The van der Waals surface area contributed by atoms with Crippen LogP contribution >= 0.6 is 0 Å². The molecule has 0 aliphatic carbocycles. The van der Waals surface area contributed by atoms with Gasteiger partial charge in [0, 0.05) is 0 Å². The van der Waals surface area contributed by atoms with Gasteiger partial charge in [0.1, 0.15) is 0 Å². The van der Waals surface area contributed by atoms with Gasteiger partial charge in [0.15, 0.2) is 0 Å². The molecule has 0 aliphatic rings. The first-order valence-electron chi connectivity index (χ1n) is 2.17. The Kier molecular flexibility index (Phi) is 28.2. The van der Waals surface area contributed by atoms with E-state index in [4.69, 9.17) is 15.0 Å². The molecule has 0 heterocycles. The molecule has 0 bridgehead atoms. The van der Waals surface area contributed by atoms with Crippen LogP contribution in [0.15, 0.2) is 12.7 Å². The minimum atomic E-state index is -1.83. The van der Waals surface area contributed by atoms with E-state index in [2.05, 4.69) is 13.5 Å². The second-order valence-electron chi connectivity index (χ2n) is 0.979. The summed E-state index contributed by atoms with van der Waals surface area (Å²) in [5.41, 5.74) is 0. The summed E-state index contributed by atoms with van der Waals surface area (Å²) in [5.74, 6) is 0. The van der Waals surface area contributed by atoms with Crippen LogP contribution in [0.1, 0.15) is 16.2 Å². The number of allylic oxidation sites excluding steroid dienone is 1. The zero-order chi connectivity index (χ0) is 6.99. The van der Waals surface area contributed by atoms with Crippen LogP contribution in [0.3, 0.4) is 0 Å². The molecule has 52 valence electrons. The number of hydrogen-bond donors (Lipinski definition) is 2. The van der Waals surface area contributed by atoms with E-state index in [0.717, 1.165) is 6.42 Å². The fraction of sp³-hybridized carbons (Fsp3) is 0.400. The van der Waals surface area contributed by atoms with Crippen LogP contribution < -0.4 is 0 Å². The van der Waals surface area contributed by atoms with Gasteiger partial charge in [0.2, 0.25) is 0 Å². The van der Waals surface area contributed by atoms with E-state index >= 15 is 0 Å². The van der Waals surface area contributed by atoms with Gasteiger partial charge >= 0.3 is 43.9 Å². The van der Waals surface area contributed by atoms with Crippen molar-refractivity contribution in [3.8, 4) is 0 Å². The van der Waals surface area contributed by atoms with Crippen molar-refractivity contribution in [2.24, 2.45) is 0 Å². The minimum Gasteiger partial charge on any atom is -1.00 e. The van der Waals surface area contributed by atoms with Crippen molar-refractivity contribution < 1.29 is 17.9 Å². The van der Waals surface area contributed by atoms with Crippen LogP contribution in [-0.4, -0.2) is 54.1 Å². The molecule has 0 atom stereocenters. The van der Waals surface area contributed by atoms with E-state index in [0.29, 0.717) is 0 Å². The molecule has 0 amide bonds. The quantitative estimate of drug-likeness (QED) is 0.453. The molecule has 9 heavy (non-hydrogen) atoms. The molecule has 0 saturated heterocycles. The smallest absolute Gasteiger partial charge is 1.00 e. The summed E-state index contributed by atoms with van der Waals surface area (Å²) in [6.07, 6.45) is 1.13. The van der Waals surface area contributed by atoms with Crippen LogP contribution in [0.5, 0.6) is 0 Å². The maximum absolute atomic E-state index is 8.56. The molecule has 0 spiro atoms. The summed E-state index contributed by atoms with van der Waals surface area (Å²) in [4.78, 5) is 8.56. The molecule has 0 radical (unpaired) electrons. The van der Waals surface area contributed by atoms with Gasteiger partial charge in [-0.05, 0) is 6.42 Å². The largest absolute Gasteiger partial charge is 2.00 e. The maximum Gasteiger partial charge on any atom is 2.00 e. The first-order valence-corrected chi connectivity index (χ1v) is 2.17. The Morgan fingerprint density at radius 2 is 1.89 bits per heavy atom. The van der Waals surface area contributed by atoms with Gasteiger partial charge in [-0.15, -0.1) is 6.58 Å². The van der Waals surface area contributed by atoms with Crippen molar-refractivity contribution in [1.82, 2.24) is 0 Å². The first kappa shape index (κ1) is 16.1. The van der Waals surface area contributed by atoms with Gasteiger partial charge in [-0.1, -0.05) is 13.0 Å². The number of carboxylic acid groups (broad SMARTS) is 2. The predicted octanol–water partition coefficient (Wildman–Crippen LogP) is 1.65. The molecular weight excluding hydrogens is 148 g/mol. The molecule has 0 saturated carbocycles. The average molecular weight is 160 g/mol. The van der Waals surface area contributed by atoms with Crippen molar-refractivity contribution >= 4 is 43.9 Å². The van der Waals surface area contributed by atoms with E-state index in [-0.39, 0.29) is 40.6 Å². The van der Waals surface area contributed by atoms with Crippen LogP contribution in [0.25, 0.3) is 0 Å².